The third-order valence-electron chi connectivity index (χ3n) is 3.31. The number of imide groups is 1. The lowest BCUT2D eigenvalue weighted by Crippen LogP contribution is -2.37. The maximum atomic E-state index is 12.5. The van der Waals surface area contributed by atoms with Crippen molar-refractivity contribution in [3.63, 3.8) is 0 Å². The fourth-order valence-corrected chi connectivity index (χ4v) is 3.05. The van der Waals surface area contributed by atoms with Gasteiger partial charge in [-0.2, -0.15) is 0 Å². The van der Waals surface area contributed by atoms with Gasteiger partial charge >= 0.3 is 5.97 Å². The van der Waals surface area contributed by atoms with E-state index < -0.39 is 29.3 Å². The van der Waals surface area contributed by atoms with Gasteiger partial charge in [-0.3, -0.25) is 19.3 Å². The van der Waals surface area contributed by atoms with E-state index in [0.717, 1.165) is 16.7 Å². The Morgan fingerprint density at radius 1 is 1.19 bits per heavy atom. The Balaban J connectivity index is 2.20. The van der Waals surface area contributed by atoms with Crippen molar-refractivity contribution in [3.8, 4) is 11.5 Å². The zero-order chi connectivity index (χ0) is 19.5. The van der Waals surface area contributed by atoms with E-state index in [9.17, 15) is 14.4 Å². The Morgan fingerprint density at radius 3 is 2.46 bits per heavy atom. The molecule has 0 unspecified atom stereocenters. The molecule has 2 amide bonds. The Bertz CT molecular complexity index is 765. The van der Waals surface area contributed by atoms with Gasteiger partial charge in [0.15, 0.2) is 0 Å². The number of methoxy groups -OCH3 is 2. The second kappa shape index (κ2) is 7.82. The molecule has 0 bridgehead atoms. The van der Waals surface area contributed by atoms with E-state index in [0.29, 0.717) is 17.1 Å². The van der Waals surface area contributed by atoms with Crippen molar-refractivity contribution in [3.05, 3.63) is 28.7 Å². The molecule has 0 atom stereocenters. The summed E-state index contributed by atoms with van der Waals surface area (Å²) in [6.45, 7) is 4.73. The van der Waals surface area contributed by atoms with Crippen molar-refractivity contribution in [2.24, 2.45) is 0 Å². The molecule has 1 saturated heterocycles. The molecule has 0 N–H and O–H groups in total. The minimum atomic E-state index is -0.689. The van der Waals surface area contributed by atoms with Gasteiger partial charge in [0.2, 0.25) is 0 Å². The molecule has 1 fully saturated rings. The van der Waals surface area contributed by atoms with Crippen LogP contribution in [0.4, 0.5) is 4.79 Å². The molecule has 7 nitrogen and oxygen atoms in total. The van der Waals surface area contributed by atoms with Crippen molar-refractivity contribution in [2.45, 2.75) is 26.4 Å². The van der Waals surface area contributed by atoms with E-state index in [1.54, 1.807) is 45.0 Å². The molecule has 0 aliphatic carbocycles. The summed E-state index contributed by atoms with van der Waals surface area (Å²) in [5, 5.41) is -0.514. The lowest BCUT2D eigenvalue weighted by molar-refractivity contribution is -0.156. The summed E-state index contributed by atoms with van der Waals surface area (Å²) in [5.74, 6) is -0.0628. The molecule has 2 rings (SSSR count). The predicted molar refractivity (Wildman–Crippen MR) is 98.1 cm³/mol. The molecule has 0 radical (unpaired) electrons. The van der Waals surface area contributed by atoms with Crippen LogP contribution < -0.4 is 9.47 Å². The monoisotopic (exact) mass is 379 g/mol. The van der Waals surface area contributed by atoms with Gasteiger partial charge < -0.3 is 14.2 Å². The third kappa shape index (κ3) is 4.78. The second-order valence-electron chi connectivity index (χ2n) is 6.46. The molecule has 1 heterocycles. The van der Waals surface area contributed by atoms with Crippen LogP contribution in [-0.2, 0) is 14.3 Å². The van der Waals surface area contributed by atoms with Gasteiger partial charge in [-0.1, -0.05) is 0 Å². The fourth-order valence-electron chi connectivity index (χ4n) is 2.22. The highest BCUT2D eigenvalue weighted by Crippen LogP contribution is 2.35. The average molecular weight is 379 g/mol. The molecular formula is C18H21NO6S. The summed E-state index contributed by atoms with van der Waals surface area (Å²) in [5.41, 5.74) is -0.0680. The SMILES string of the molecule is COc1ccc(/C=C2/SC(=O)N(CC(=O)OC(C)(C)C)C2=O)c(OC)c1. The van der Waals surface area contributed by atoms with Gasteiger partial charge in [0.25, 0.3) is 11.1 Å². The van der Waals surface area contributed by atoms with Crippen LogP contribution in [0, 0.1) is 0 Å². The van der Waals surface area contributed by atoms with Crippen LogP contribution in [0.25, 0.3) is 6.08 Å². The van der Waals surface area contributed by atoms with Crippen LogP contribution in [0.15, 0.2) is 23.1 Å². The van der Waals surface area contributed by atoms with Crippen LogP contribution in [0.2, 0.25) is 0 Å². The summed E-state index contributed by atoms with van der Waals surface area (Å²) in [6, 6.07) is 5.12. The topological polar surface area (TPSA) is 82.1 Å². The zero-order valence-electron chi connectivity index (χ0n) is 15.3. The molecule has 8 heteroatoms. The number of carbonyl (C=O) groups excluding carboxylic acids is 3. The number of carbonyl (C=O) groups is 3. The first-order chi connectivity index (χ1) is 12.1. The Kier molecular flexibility index (Phi) is 5.97. The van der Waals surface area contributed by atoms with E-state index in [4.69, 9.17) is 14.2 Å². The normalized spacial score (nSPS) is 16.2. The van der Waals surface area contributed by atoms with E-state index in [1.165, 1.54) is 14.2 Å². The summed E-state index contributed by atoms with van der Waals surface area (Å²) in [4.78, 5) is 37.6. The highest BCUT2D eigenvalue weighted by atomic mass is 32.2. The third-order valence-corrected chi connectivity index (χ3v) is 4.22. The minimum Gasteiger partial charge on any atom is -0.497 e. The Morgan fingerprint density at radius 2 is 1.88 bits per heavy atom. The van der Waals surface area contributed by atoms with E-state index in [1.807, 2.05) is 0 Å². The van der Waals surface area contributed by atoms with Crippen LogP contribution in [0.1, 0.15) is 26.3 Å². The minimum absolute atomic E-state index is 0.210. The van der Waals surface area contributed by atoms with Gasteiger partial charge in [-0.25, -0.2) is 0 Å². The van der Waals surface area contributed by atoms with E-state index >= 15 is 0 Å². The molecular weight excluding hydrogens is 358 g/mol. The molecule has 0 aromatic heterocycles. The van der Waals surface area contributed by atoms with Crippen LogP contribution in [0.3, 0.4) is 0 Å². The van der Waals surface area contributed by atoms with Crippen LogP contribution >= 0.6 is 11.8 Å². The van der Waals surface area contributed by atoms with Crippen molar-refractivity contribution < 1.29 is 28.6 Å². The van der Waals surface area contributed by atoms with Gasteiger partial charge in [0.1, 0.15) is 23.6 Å². The first kappa shape index (κ1) is 19.8. The molecule has 1 aliphatic rings. The fraction of sp³-hybridized carbons (Fsp3) is 0.389. The number of nitrogens with zero attached hydrogens (tertiary/aromatic N) is 1. The second-order valence-corrected chi connectivity index (χ2v) is 7.46. The number of esters is 1. The number of benzene rings is 1. The maximum absolute atomic E-state index is 12.5. The molecule has 0 spiro atoms. The summed E-state index contributed by atoms with van der Waals surface area (Å²) >= 11 is 0.770. The first-order valence-electron chi connectivity index (χ1n) is 7.84. The van der Waals surface area contributed by atoms with Gasteiger partial charge in [-0.15, -0.1) is 0 Å². The largest absolute Gasteiger partial charge is 0.497 e. The van der Waals surface area contributed by atoms with Crippen molar-refractivity contribution in [2.75, 3.05) is 20.8 Å². The molecule has 1 aromatic rings. The highest BCUT2D eigenvalue weighted by Gasteiger charge is 2.37. The molecule has 1 aromatic carbocycles. The maximum Gasteiger partial charge on any atom is 0.326 e. The smallest absolute Gasteiger partial charge is 0.326 e. The standard InChI is InChI=1S/C18H21NO6S/c1-18(2,3)25-15(20)10-19-16(21)14(26-17(19)22)8-11-6-7-12(23-4)9-13(11)24-5/h6-9H,10H2,1-5H3/b14-8+. The van der Waals surface area contributed by atoms with Crippen LogP contribution in [-0.4, -0.2) is 48.4 Å². The molecule has 1 aliphatic heterocycles. The lowest BCUT2D eigenvalue weighted by Gasteiger charge is -2.21. The highest BCUT2D eigenvalue weighted by molar-refractivity contribution is 8.18. The van der Waals surface area contributed by atoms with E-state index in [-0.39, 0.29) is 4.91 Å². The van der Waals surface area contributed by atoms with Crippen molar-refractivity contribution in [1.29, 1.82) is 0 Å². The molecule has 140 valence electrons. The van der Waals surface area contributed by atoms with Gasteiger partial charge in [-0.05, 0) is 50.7 Å². The number of hydrogen-bond acceptors (Lipinski definition) is 7. The van der Waals surface area contributed by atoms with Gasteiger partial charge in [0, 0.05) is 11.6 Å². The lowest BCUT2D eigenvalue weighted by atomic mass is 10.1. The Labute approximate surface area is 156 Å². The molecule has 0 saturated carbocycles. The number of ether oxygens (including phenoxy) is 3. The number of thioether (sulfide) groups is 1. The average Bonchev–Trinajstić information content (AvgIpc) is 2.81. The summed E-state index contributed by atoms with van der Waals surface area (Å²) in [7, 11) is 3.04. The number of hydrogen-bond donors (Lipinski definition) is 0. The zero-order valence-corrected chi connectivity index (χ0v) is 16.1. The quantitative estimate of drug-likeness (QED) is 0.574. The van der Waals surface area contributed by atoms with Crippen molar-refractivity contribution in [1.82, 2.24) is 4.90 Å². The van der Waals surface area contributed by atoms with Crippen LogP contribution in [0.5, 0.6) is 11.5 Å². The first-order valence-corrected chi connectivity index (χ1v) is 8.65. The summed E-state index contributed by atoms with van der Waals surface area (Å²) < 4.78 is 15.6. The number of rotatable bonds is 5. The van der Waals surface area contributed by atoms with Crippen molar-refractivity contribution >= 4 is 35.0 Å². The van der Waals surface area contributed by atoms with Gasteiger partial charge in [0.05, 0.1) is 19.1 Å². The Hall–Kier alpha value is -2.48. The number of amides is 2. The molecule has 26 heavy (non-hydrogen) atoms. The summed E-state index contributed by atoms with van der Waals surface area (Å²) in [6.07, 6.45) is 1.55. The predicted octanol–water partition coefficient (Wildman–Crippen LogP) is 3.08. The van der Waals surface area contributed by atoms with E-state index in [2.05, 4.69) is 0 Å².